The molecule has 1 heteroatoms. The summed E-state index contributed by atoms with van der Waals surface area (Å²) in [7, 11) is 0. The van der Waals surface area contributed by atoms with E-state index in [1.165, 1.54) is 5.56 Å². The Kier molecular flexibility index (Phi) is 1.80. The van der Waals surface area contributed by atoms with Crippen molar-refractivity contribution in [3.05, 3.63) is 29.2 Å². The molecule has 0 fully saturated rings. The van der Waals surface area contributed by atoms with Crippen LogP contribution in [0.2, 0.25) is 0 Å². The summed E-state index contributed by atoms with van der Waals surface area (Å²) in [6.07, 6.45) is 6.29. The van der Waals surface area contributed by atoms with Gasteiger partial charge in [0.2, 0.25) is 0 Å². The number of aryl methyl sites for hydroxylation is 1. The number of furan rings is 1. The van der Waals surface area contributed by atoms with E-state index in [1.54, 1.807) is 11.8 Å². The van der Waals surface area contributed by atoms with Crippen molar-refractivity contribution < 1.29 is 4.42 Å². The van der Waals surface area contributed by atoms with Crippen molar-refractivity contribution in [2.24, 2.45) is 5.92 Å². The lowest BCUT2D eigenvalue weighted by atomic mass is 9.91. The van der Waals surface area contributed by atoms with Gasteiger partial charge < -0.3 is 4.42 Å². The van der Waals surface area contributed by atoms with Gasteiger partial charge >= 0.3 is 0 Å². The van der Waals surface area contributed by atoms with Crippen LogP contribution >= 0.6 is 0 Å². The van der Waals surface area contributed by atoms with Crippen LogP contribution in [0.5, 0.6) is 0 Å². The van der Waals surface area contributed by atoms with Crippen molar-refractivity contribution in [1.82, 2.24) is 0 Å². The minimum Gasteiger partial charge on any atom is -0.469 e. The maximum Gasteiger partial charge on any atom is 0.111 e. The van der Waals surface area contributed by atoms with E-state index in [0.717, 1.165) is 18.6 Å². The smallest absolute Gasteiger partial charge is 0.111 e. The van der Waals surface area contributed by atoms with Crippen molar-refractivity contribution in [3.8, 4) is 0 Å². The van der Waals surface area contributed by atoms with E-state index >= 15 is 0 Å². The molecule has 0 saturated carbocycles. The summed E-state index contributed by atoms with van der Waals surface area (Å²) in [5.41, 5.74) is 2.83. The third kappa shape index (κ3) is 1.20. The maximum atomic E-state index is 5.34. The van der Waals surface area contributed by atoms with Crippen LogP contribution in [-0.4, -0.2) is 0 Å². The summed E-state index contributed by atoms with van der Waals surface area (Å²) >= 11 is 0. The van der Waals surface area contributed by atoms with Crippen LogP contribution in [0.3, 0.4) is 0 Å². The summed E-state index contributed by atoms with van der Waals surface area (Å²) in [5, 5.41) is 0. The van der Waals surface area contributed by atoms with Crippen LogP contribution in [0.1, 0.15) is 31.6 Å². The second-order valence-corrected chi connectivity index (χ2v) is 3.67. The Morgan fingerprint density at radius 2 is 2.17 bits per heavy atom. The third-order valence-corrected chi connectivity index (χ3v) is 2.50. The molecule has 0 aliphatic heterocycles. The van der Waals surface area contributed by atoms with Crippen molar-refractivity contribution in [1.29, 1.82) is 0 Å². The number of rotatable bonds is 1. The molecule has 0 radical (unpaired) electrons. The molecular formula is C11H14O. The van der Waals surface area contributed by atoms with Gasteiger partial charge in [0, 0.05) is 12.0 Å². The fourth-order valence-corrected chi connectivity index (χ4v) is 1.67. The topological polar surface area (TPSA) is 13.1 Å². The minimum atomic E-state index is 0.674. The zero-order chi connectivity index (χ0) is 8.55. The standard InChI is InChI=1S/C11H14O/c1-8(2)9-3-4-11-10(7-9)5-6-12-11/h5-8H,3-4H2,1-2H3. The Morgan fingerprint density at radius 1 is 1.33 bits per heavy atom. The molecule has 0 amide bonds. The first-order valence-corrected chi connectivity index (χ1v) is 4.54. The SMILES string of the molecule is CC(C)C1=Cc2ccoc2CC1. The molecule has 1 aromatic rings. The average Bonchev–Trinajstić information content (AvgIpc) is 2.49. The fraction of sp³-hybridized carbons (Fsp3) is 0.455. The molecule has 2 rings (SSSR count). The maximum absolute atomic E-state index is 5.34. The molecule has 12 heavy (non-hydrogen) atoms. The highest BCUT2D eigenvalue weighted by Crippen LogP contribution is 2.28. The number of fused-ring (bicyclic) bond motifs is 1. The van der Waals surface area contributed by atoms with E-state index in [2.05, 4.69) is 26.0 Å². The number of allylic oxidation sites excluding steroid dienone is 1. The second-order valence-electron chi connectivity index (χ2n) is 3.67. The molecule has 1 aromatic heterocycles. The van der Waals surface area contributed by atoms with Gasteiger partial charge in [-0.15, -0.1) is 0 Å². The lowest BCUT2D eigenvalue weighted by Gasteiger charge is -2.15. The first kappa shape index (κ1) is 7.66. The van der Waals surface area contributed by atoms with Gasteiger partial charge in [0.25, 0.3) is 0 Å². The Bertz CT molecular complexity index is 305. The summed E-state index contributed by atoms with van der Waals surface area (Å²) in [6, 6.07) is 2.05. The molecule has 1 aliphatic rings. The molecule has 0 unspecified atom stereocenters. The zero-order valence-corrected chi connectivity index (χ0v) is 7.63. The largest absolute Gasteiger partial charge is 0.469 e. The van der Waals surface area contributed by atoms with Crippen molar-refractivity contribution in [3.63, 3.8) is 0 Å². The molecule has 0 atom stereocenters. The fourth-order valence-electron chi connectivity index (χ4n) is 1.67. The predicted octanol–water partition coefficient (Wildman–Crippen LogP) is 3.27. The second kappa shape index (κ2) is 2.81. The van der Waals surface area contributed by atoms with E-state index in [9.17, 15) is 0 Å². The van der Waals surface area contributed by atoms with Gasteiger partial charge in [-0.2, -0.15) is 0 Å². The Morgan fingerprint density at radius 3 is 2.92 bits per heavy atom. The first-order valence-electron chi connectivity index (χ1n) is 4.54. The molecule has 0 saturated heterocycles. The molecule has 0 bridgehead atoms. The van der Waals surface area contributed by atoms with Crippen LogP contribution in [0.15, 0.2) is 22.3 Å². The third-order valence-electron chi connectivity index (χ3n) is 2.50. The molecule has 0 N–H and O–H groups in total. The van der Waals surface area contributed by atoms with Crippen molar-refractivity contribution >= 4 is 6.08 Å². The molecule has 0 spiro atoms. The minimum absolute atomic E-state index is 0.674. The normalized spacial score (nSPS) is 16.1. The molecule has 0 aromatic carbocycles. The lowest BCUT2D eigenvalue weighted by molar-refractivity contribution is 0.500. The van der Waals surface area contributed by atoms with E-state index in [-0.39, 0.29) is 0 Å². The van der Waals surface area contributed by atoms with Gasteiger partial charge in [0.15, 0.2) is 0 Å². The highest BCUT2D eigenvalue weighted by Gasteiger charge is 2.14. The van der Waals surface area contributed by atoms with E-state index in [4.69, 9.17) is 4.42 Å². The van der Waals surface area contributed by atoms with Gasteiger partial charge in [0.05, 0.1) is 6.26 Å². The summed E-state index contributed by atoms with van der Waals surface area (Å²) in [4.78, 5) is 0. The monoisotopic (exact) mass is 162 g/mol. The van der Waals surface area contributed by atoms with E-state index < -0.39 is 0 Å². The molecule has 1 heterocycles. The molecule has 1 nitrogen and oxygen atoms in total. The van der Waals surface area contributed by atoms with Gasteiger partial charge in [0.1, 0.15) is 5.76 Å². The molecular weight excluding hydrogens is 148 g/mol. The summed E-state index contributed by atoms with van der Waals surface area (Å²) in [6.45, 7) is 4.49. The van der Waals surface area contributed by atoms with Crippen LogP contribution in [-0.2, 0) is 6.42 Å². The lowest BCUT2D eigenvalue weighted by Crippen LogP contribution is -2.01. The highest BCUT2D eigenvalue weighted by atomic mass is 16.3. The predicted molar refractivity (Wildman–Crippen MR) is 49.8 cm³/mol. The number of hydrogen-bond donors (Lipinski definition) is 0. The quantitative estimate of drug-likeness (QED) is 0.617. The molecule has 64 valence electrons. The van der Waals surface area contributed by atoms with Crippen LogP contribution in [0.4, 0.5) is 0 Å². The van der Waals surface area contributed by atoms with Gasteiger partial charge in [-0.25, -0.2) is 0 Å². The Balaban J connectivity index is 2.35. The Labute approximate surface area is 73.1 Å². The average molecular weight is 162 g/mol. The van der Waals surface area contributed by atoms with E-state index in [0.29, 0.717) is 5.92 Å². The Hall–Kier alpha value is -0.980. The summed E-state index contributed by atoms with van der Waals surface area (Å²) < 4.78 is 5.34. The first-order chi connectivity index (χ1) is 5.77. The van der Waals surface area contributed by atoms with Gasteiger partial charge in [-0.05, 0) is 18.4 Å². The van der Waals surface area contributed by atoms with Gasteiger partial charge in [-0.1, -0.05) is 25.5 Å². The van der Waals surface area contributed by atoms with Gasteiger partial charge in [-0.3, -0.25) is 0 Å². The van der Waals surface area contributed by atoms with Crippen LogP contribution in [0, 0.1) is 5.92 Å². The summed E-state index contributed by atoms with van der Waals surface area (Å²) in [5.74, 6) is 1.83. The number of hydrogen-bond acceptors (Lipinski definition) is 1. The van der Waals surface area contributed by atoms with E-state index in [1.807, 2.05) is 0 Å². The van der Waals surface area contributed by atoms with Crippen LogP contribution < -0.4 is 0 Å². The zero-order valence-electron chi connectivity index (χ0n) is 7.63. The van der Waals surface area contributed by atoms with Crippen molar-refractivity contribution in [2.45, 2.75) is 26.7 Å². The van der Waals surface area contributed by atoms with Crippen LogP contribution in [0.25, 0.3) is 6.08 Å². The van der Waals surface area contributed by atoms with Crippen molar-refractivity contribution in [2.75, 3.05) is 0 Å². The highest BCUT2D eigenvalue weighted by molar-refractivity contribution is 5.57. The molecule has 1 aliphatic carbocycles.